The third-order valence-electron chi connectivity index (χ3n) is 4.33. The summed E-state index contributed by atoms with van der Waals surface area (Å²) in [6.45, 7) is 6.08. The predicted molar refractivity (Wildman–Crippen MR) is 75.6 cm³/mol. The van der Waals surface area contributed by atoms with Crippen molar-refractivity contribution in [1.82, 2.24) is 15.1 Å². The summed E-state index contributed by atoms with van der Waals surface area (Å²) in [6, 6.07) is 4.60. The van der Waals surface area contributed by atoms with Crippen molar-refractivity contribution < 1.29 is 0 Å². The van der Waals surface area contributed by atoms with E-state index < -0.39 is 0 Å². The maximum absolute atomic E-state index is 9.59. The van der Waals surface area contributed by atoms with Crippen LogP contribution in [-0.2, 0) is 6.54 Å². The molecule has 1 heterocycles. The predicted octanol–water partition coefficient (Wildman–Crippen LogP) is 2.64. The average Bonchev–Trinajstić information content (AvgIpc) is 3.01. The van der Waals surface area contributed by atoms with Crippen LogP contribution >= 0.6 is 0 Å². The molecule has 0 saturated heterocycles. The van der Waals surface area contributed by atoms with Gasteiger partial charge in [0.1, 0.15) is 5.54 Å². The molecule has 2 unspecified atom stereocenters. The van der Waals surface area contributed by atoms with Crippen LogP contribution in [0.25, 0.3) is 0 Å². The van der Waals surface area contributed by atoms with Crippen molar-refractivity contribution in [2.75, 3.05) is 6.54 Å². The quantitative estimate of drug-likeness (QED) is 0.855. The van der Waals surface area contributed by atoms with Gasteiger partial charge in [-0.3, -0.25) is 10.00 Å². The highest BCUT2D eigenvalue weighted by atomic mass is 15.3. The number of nitriles is 1. The zero-order valence-corrected chi connectivity index (χ0v) is 12.0. The van der Waals surface area contributed by atoms with Crippen molar-refractivity contribution >= 4 is 0 Å². The Morgan fingerprint density at radius 3 is 3.11 bits per heavy atom. The summed E-state index contributed by atoms with van der Waals surface area (Å²) in [7, 11) is 0. The molecule has 1 aromatic rings. The van der Waals surface area contributed by atoms with Crippen LogP contribution in [0.15, 0.2) is 12.3 Å². The fourth-order valence-corrected chi connectivity index (χ4v) is 3.15. The lowest BCUT2D eigenvalue weighted by atomic mass is 9.85. The molecule has 1 saturated carbocycles. The molecule has 104 valence electrons. The van der Waals surface area contributed by atoms with Gasteiger partial charge in [0.15, 0.2) is 0 Å². The first-order chi connectivity index (χ1) is 9.22. The van der Waals surface area contributed by atoms with Crippen molar-refractivity contribution in [3.05, 3.63) is 18.0 Å². The maximum atomic E-state index is 9.59. The van der Waals surface area contributed by atoms with E-state index in [0.717, 1.165) is 45.2 Å². The Bertz CT molecular complexity index is 445. The minimum absolute atomic E-state index is 0.295. The molecule has 1 aliphatic carbocycles. The number of aryl methyl sites for hydroxylation is 2. The molecular formula is C15H24N4. The van der Waals surface area contributed by atoms with E-state index in [2.05, 4.69) is 30.3 Å². The molecule has 0 bridgehead atoms. The molecule has 19 heavy (non-hydrogen) atoms. The molecule has 1 aromatic heterocycles. The lowest BCUT2D eigenvalue weighted by molar-refractivity contribution is 0.286. The first-order valence-electron chi connectivity index (χ1n) is 7.36. The third kappa shape index (κ3) is 2.98. The lowest BCUT2D eigenvalue weighted by Gasteiger charge is -2.30. The van der Waals surface area contributed by atoms with Gasteiger partial charge in [0, 0.05) is 18.4 Å². The molecule has 0 aromatic carbocycles. The smallest absolute Gasteiger partial charge is 0.109 e. The van der Waals surface area contributed by atoms with Gasteiger partial charge in [0.25, 0.3) is 0 Å². The summed E-state index contributed by atoms with van der Waals surface area (Å²) < 4.78 is 2.04. The number of nitrogens with one attached hydrogen (secondary N) is 1. The molecule has 0 aliphatic heterocycles. The highest BCUT2D eigenvalue weighted by Gasteiger charge is 2.42. The highest BCUT2D eigenvalue weighted by molar-refractivity contribution is 5.14. The van der Waals surface area contributed by atoms with Gasteiger partial charge in [-0.1, -0.05) is 13.3 Å². The average molecular weight is 260 g/mol. The van der Waals surface area contributed by atoms with Crippen molar-refractivity contribution in [2.24, 2.45) is 5.92 Å². The van der Waals surface area contributed by atoms with E-state index in [1.54, 1.807) is 0 Å². The second kappa shape index (κ2) is 6.21. The second-order valence-corrected chi connectivity index (χ2v) is 5.58. The maximum Gasteiger partial charge on any atom is 0.109 e. The van der Waals surface area contributed by atoms with E-state index in [0.29, 0.717) is 5.92 Å². The van der Waals surface area contributed by atoms with E-state index in [9.17, 15) is 5.26 Å². The lowest BCUT2D eigenvalue weighted by Crippen LogP contribution is -2.47. The van der Waals surface area contributed by atoms with Crippen LogP contribution < -0.4 is 5.32 Å². The summed E-state index contributed by atoms with van der Waals surface area (Å²) >= 11 is 0. The van der Waals surface area contributed by atoms with Crippen molar-refractivity contribution in [1.29, 1.82) is 5.26 Å². The molecule has 0 amide bonds. The van der Waals surface area contributed by atoms with Crippen LogP contribution in [-0.4, -0.2) is 21.9 Å². The SMILES string of the molecule is CCCNC1(C#N)CCCC1CCn1nccc1C. The number of hydrogen-bond acceptors (Lipinski definition) is 3. The van der Waals surface area contributed by atoms with Crippen LogP contribution in [0, 0.1) is 24.2 Å². The van der Waals surface area contributed by atoms with E-state index in [1.807, 2.05) is 16.9 Å². The summed E-state index contributed by atoms with van der Waals surface area (Å²) in [5.74, 6) is 0.452. The highest BCUT2D eigenvalue weighted by Crippen LogP contribution is 2.37. The molecule has 0 radical (unpaired) electrons. The van der Waals surface area contributed by atoms with Crippen LogP contribution in [0.3, 0.4) is 0 Å². The Morgan fingerprint density at radius 2 is 2.47 bits per heavy atom. The molecule has 4 heteroatoms. The summed E-state index contributed by atoms with van der Waals surface area (Å²) in [5.41, 5.74) is 0.902. The van der Waals surface area contributed by atoms with Gasteiger partial charge in [0.05, 0.1) is 6.07 Å². The van der Waals surface area contributed by atoms with Crippen molar-refractivity contribution in [2.45, 2.75) is 58.0 Å². The molecule has 1 N–H and O–H groups in total. The zero-order chi connectivity index (χ0) is 13.7. The monoisotopic (exact) mass is 260 g/mol. The largest absolute Gasteiger partial charge is 0.299 e. The Balaban J connectivity index is 1.98. The third-order valence-corrected chi connectivity index (χ3v) is 4.33. The van der Waals surface area contributed by atoms with Gasteiger partial charge in [-0.05, 0) is 51.1 Å². The van der Waals surface area contributed by atoms with Gasteiger partial charge < -0.3 is 0 Å². The Hall–Kier alpha value is -1.34. The Labute approximate surface area is 115 Å². The van der Waals surface area contributed by atoms with Gasteiger partial charge in [-0.2, -0.15) is 10.4 Å². The van der Waals surface area contributed by atoms with Crippen LogP contribution in [0.4, 0.5) is 0 Å². The van der Waals surface area contributed by atoms with E-state index in [4.69, 9.17) is 0 Å². The number of rotatable bonds is 6. The van der Waals surface area contributed by atoms with E-state index in [-0.39, 0.29) is 5.54 Å². The van der Waals surface area contributed by atoms with E-state index >= 15 is 0 Å². The molecule has 0 spiro atoms. The number of hydrogen-bond donors (Lipinski definition) is 1. The first kappa shape index (κ1) is 14.1. The first-order valence-corrected chi connectivity index (χ1v) is 7.36. The number of nitrogens with zero attached hydrogens (tertiary/aromatic N) is 3. The topological polar surface area (TPSA) is 53.6 Å². The second-order valence-electron chi connectivity index (χ2n) is 5.58. The normalized spacial score (nSPS) is 26.5. The summed E-state index contributed by atoms with van der Waals surface area (Å²) in [6.07, 6.45) is 7.27. The molecule has 1 aliphatic rings. The van der Waals surface area contributed by atoms with Gasteiger partial charge >= 0.3 is 0 Å². The minimum atomic E-state index is -0.295. The zero-order valence-electron chi connectivity index (χ0n) is 12.0. The van der Waals surface area contributed by atoms with Crippen molar-refractivity contribution in [3.8, 4) is 6.07 Å². The molecule has 2 rings (SSSR count). The van der Waals surface area contributed by atoms with Gasteiger partial charge in [-0.15, -0.1) is 0 Å². The molecule has 4 nitrogen and oxygen atoms in total. The van der Waals surface area contributed by atoms with E-state index in [1.165, 1.54) is 5.69 Å². The Morgan fingerprint density at radius 1 is 1.63 bits per heavy atom. The molecule has 2 atom stereocenters. The van der Waals surface area contributed by atoms with Crippen LogP contribution in [0.2, 0.25) is 0 Å². The molecule has 1 fully saturated rings. The van der Waals surface area contributed by atoms with Crippen LogP contribution in [0.1, 0.15) is 44.7 Å². The Kier molecular flexibility index (Phi) is 4.60. The summed E-state index contributed by atoms with van der Waals surface area (Å²) in [4.78, 5) is 0. The fraction of sp³-hybridized carbons (Fsp3) is 0.733. The van der Waals surface area contributed by atoms with Crippen molar-refractivity contribution in [3.63, 3.8) is 0 Å². The summed E-state index contributed by atoms with van der Waals surface area (Å²) in [5, 5.41) is 17.4. The fourth-order valence-electron chi connectivity index (χ4n) is 3.15. The van der Waals surface area contributed by atoms with Gasteiger partial charge in [-0.25, -0.2) is 0 Å². The van der Waals surface area contributed by atoms with Gasteiger partial charge in [0.2, 0.25) is 0 Å². The minimum Gasteiger partial charge on any atom is -0.299 e. The molecular weight excluding hydrogens is 236 g/mol. The number of aromatic nitrogens is 2. The van der Waals surface area contributed by atoms with Crippen LogP contribution in [0.5, 0.6) is 0 Å². The standard InChI is InChI=1S/C15H24N4/c1-3-9-17-15(12-16)8-4-5-14(15)7-11-19-13(2)6-10-18-19/h6,10,14,17H,3-5,7-9,11H2,1-2H3.